The summed E-state index contributed by atoms with van der Waals surface area (Å²) in [5.74, 6) is 3.13. The van der Waals surface area contributed by atoms with E-state index in [4.69, 9.17) is 14.5 Å². The van der Waals surface area contributed by atoms with Crippen LogP contribution in [0.4, 0.5) is 16.2 Å². The fourth-order valence-electron chi connectivity index (χ4n) is 4.15. The molecule has 33 heavy (non-hydrogen) atoms. The maximum Gasteiger partial charge on any atom is 0.321 e. The predicted molar refractivity (Wildman–Crippen MR) is 129 cm³/mol. The minimum atomic E-state index is -0.109. The fourth-order valence-corrected chi connectivity index (χ4v) is 4.15. The van der Waals surface area contributed by atoms with Crippen LogP contribution >= 0.6 is 0 Å². The molecule has 7 heteroatoms. The van der Waals surface area contributed by atoms with E-state index in [-0.39, 0.29) is 6.03 Å². The third-order valence-corrected chi connectivity index (χ3v) is 5.84. The molecule has 0 aliphatic carbocycles. The van der Waals surface area contributed by atoms with Gasteiger partial charge >= 0.3 is 6.03 Å². The number of nitrogens with zero attached hydrogens (tertiary/aromatic N) is 3. The predicted octanol–water partition coefficient (Wildman–Crippen LogP) is 5.12. The van der Waals surface area contributed by atoms with E-state index in [1.54, 1.807) is 7.11 Å². The molecule has 1 fully saturated rings. The zero-order valence-corrected chi connectivity index (χ0v) is 18.5. The lowest BCUT2D eigenvalue weighted by Gasteiger charge is -2.25. The normalized spacial score (nSPS) is 15.2. The van der Waals surface area contributed by atoms with Gasteiger partial charge in [0, 0.05) is 37.9 Å². The number of carbonyl (C=O) groups is 1. The Labute approximate surface area is 193 Å². The molecule has 0 bridgehead atoms. The van der Waals surface area contributed by atoms with Crippen LogP contribution in [0.25, 0.3) is 0 Å². The molecule has 3 aromatic rings. The first-order chi connectivity index (χ1) is 16.2. The average molecular weight is 443 g/mol. The number of para-hydroxylation sites is 3. The summed E-state index contributed by atoms with van der Waals surface area (Å²) in [7, 11) is 1.61. The second-order valence-electron chi connectivity index (χ2n) is 7.99. The van der Waals surface area contributed by atoms with Crippen molar-refractivity contribution in [1.29, 1.82) is 0 Å². The lowest BCUT2D eigenvalue weighted by atomic mass is 10.1. The topological polar surface area (TPSA) is 66.4 Å². The largest absolute Gasteiger partial charge is 0.497 e. The summed E-state index contributed by atoms with van der Waals surface area (Å²) >= 11 is 0. The Balaban J connectivity index is 1.35. The molecule has 0 spiro atoms. The van der Waals surface area contributed by atoms with Gasteiger partial charge < -0.3 is 24.6 Å². The van der Waals surface area contributed by atoms with Gasteiger partial charge in [-0.1, -0.05) is 30.3 Å². The van der Waals surface area contributed by atoms with Gasteiger partial charge in [-0.05, 0) is 42.8 Å². The van der Waals surface area contributed by atoms with Crippen molar-refractivity contribution in [2.24, 2.45) is 4.99 Å². The highest BCUT2D eigenvalue weighted by atomic mass is 16.5. The number of carbonyl (C=O) groups excluding carboxylic acids is 1. The van der Waals surface area contributed by atoms with E-state index in [0.717, 1.165) is 47.2 Å². The van der Waals surface area contributed by atoms with E-state index in [2.05, 4.69) is 10.2 Å². The fraction of sp³-hybridized carbons (Fsp3) is 0.231. The molecule has 0 radical (unpaired) electrons. The number of amides is 2. The van der Waals surface area contributed by atoms with E-state index in [0.29, 0.717) is 25.4 Å². The summed E-state index contributed by atoms with van der Waals surface area (Å²) in [4.78, 5) is 22.0. The van der Waals surface area contributed by atoms with Gasteiger partial charge in [-0.25, -0.2) is 9.79 Å². The molecule has 2 aliphatic heterocycles. The van der Waals surface area contributed by atoms with Crippen LogP contribution in [0.3, 0.4) is 0 Å². The number of anilines is 1. The molecular formula is C26H26N4O3. The Morgan fingerprint density at radius 2 is 1.76 bits per heavy atom. The second-order valence-corrected chi connectivity index (χ2v) is 7.99. The number of aliphatic imine (C=N–C) groups is 1. The minimum absolute atomic E-state index is 0.109. The number of methoxy groups -OCH3 is 1. The van der Waals surface area contributed by atoms with Crippen molar-refractivity contribution in [3.63, 3.8) is 0 Å². The third-order valence-electron chi connectivity index (χ3n) is 5.84. The molecule has 168 valence electrons. The first-order valence-corrected chi connectivity index (χ1v) is 11.1. The molecule has 0 unspecified atom stereocenters. The van der Waals surface area contributed by atoms with Crippen LogP contribution < -0.4 is 14.8 Å². The second kappa shape index (κ2) is 9.24. The van der Waals surface area contributed by atoms with Gasteiger partial charge in [0.25, 0.3) is 0 Å². The zero-order valence-electron chi connectivity index (χ0n) is 18.5. The molecule has 3 aromatic carbocycles. The van der Waals surface area contributed by atoms with Gasteiger partial charge in [-0.15, -0.1) is 0 Å². The van der Waals surface area contributed by atoms with Gasteiger partial charge in [0.05, 0.1) is 12.7 Å². The standard InChI is InChI=1S/C26H26N4O3/c1-32-20-9-6-8-19(18-20)27-26(31)30-15-7-14-29(16-17-30)25-21-10-2-4-12-23(21)33-24-13-5-3-11-22(24)28-25/h2-6,8-13,18H,7,14-17H2,1H3,(H,27,31). The quantitative estimate of drug-likeness (QED) is 0.598. The molecule has 0 saturated carbocycles. The monoisotopic (exact) mass is 442 g/mol. The van der Waals surface area contributed by atoms with Gasteiger partial charge in [0.2, 0.25) is 0 Å². The van der Waals surface area contributed by atoms with Crippen molar-refractivity contribution in [3.8, 4) is 17.2 Å². The van der Waals surface area contributed by atoms with Crippen molar-refractivity contribution in [2.75, 3.05) is 38.6 Å². The van der Waals surface area contributed by atoms with Crippen LogP contribution in [-0.2, 0) is 0 Å². The Bertz CT molecular complexity index is 1190. The van der Waals surface area contributed by atoms with Crippen LogP contribution in [0.2, 0.25) is 0 Å². The molecule has 0 aromatic heterocycles. The SMILES string of the molecule is COc1cccc(NC(=O)N2CCCN(C3=Nc4ccccc4Oc4ccccc43)CC2)c1. The maximum absolute atomic E-state index is 12.9. The van der Waals surface area contributed by atoms with E-state index in [9.17, 15) is 4.79 Å². The smallest absolute Gasteiger partial charge is 0.321 e. The molecule has 2 amide bonds. The number of hydrogen-bond donors (Lipinski definition) is 1. The van der Waals surface area contributed by atoms with Crippen molar-refractivity contribution in [2.45, 2.75) is 6.42 Å². The Morgan fingerprint density at radius 1 is 0.939 bits per heavy atom. The van der Waals surface area contributed by atoms with E-state index >= 15 is 0 Å². The molecular weight excluding hydrogens is 416 g/mol. The maximum atomic E-state index is 12.9. The van der Waals surface area contributed by atoms with Crippen LogP contribution in [0, 0.1) is 0 Å². The summed E-state index contributed by atoms with van der Waals surface area (Å²) in [6.07, 6.45) is 0.842. The molecule has 7 nitrogen and oxygen atoms in total. The summed E-state index contributed by atoms with van der Waals surface area (Å²) in [5, 5.41) is 2.99. The summed E-state index contributed by atoms with van der Waals surface area (Å²) in [6.45, 7) is 2.76. The minimum Gasteiger partial charge on any atom is -0.497 e. The van der Waals surface area contributed by atoms with Gasteiger partial charge in [-0.2, -0.15) is 0 Å². The van der Waals surface area contributed by atoms with Crippen LogP contribution in [0.1, 0.15) is 12.0 Å². The molecule has 5 rings (SSSR count). The van der Waals surface area contributed by atoms with Gasteiger partial charge in [0.1, 0.15) is 23.0 Å². The van der Waals surface area contributed by atoms with Crippen molar-refractivity contribution in [3.05, 3.63) is 78.4 Å². The zero-order chi connectivity index (χ0) is 22.6. The number of ether oxygens (including phenoxy) is 2. The van der Waals surface area contributed by atoms with Crippen molar-refractivity contribution >= 4 is 23.2 Å². The number of hydrogen-bond acceptors (Lipinski definition) is 5. The van der Waals surface area contributed by atoms with E-state index in [1.165, 1.54) is 0 Å². The summed E-state index contributed by atoms with van der Waals surface area (Å²) in [6, 6.07) is 23.1. The number of nitrogens with one attached hydrogen (secondary N) is 1. The Kier molecular flexibility index (Phi) is 5.85. The lowest BCUT2D eigenvalue weighted by molar-refractivity contribution is 0.214. The molecule has 0 atom stereocenters. The number of urea groups is 1. The number of amidine groups is 1. The Morgan fingerprint density at radius 3 is 2.64 bits per heavy atom. The van der Waals surface area contributed by atoms with Gasteiger partial charge in [0.15, 0.2) is 5.75 Å². The van der Waals surface area contributed by atoms with Crippen LogP contribution in [0.5, 0.6) is 17.2 Å². The lowest BCUT2D eigenvalue weighted by Crippen LogP contribution is -2.39. The summed E-state index contributed by atoms with van der Waals surface area (Å²) < 4.78 is 11.4. The van der Waals surface area contributed by atoms with Crippen LogP contribution in [0.15, 0.2) is 77.8 Å². The molecule has 2 heterocycles. The highest BCUT2D eigenvalue weighted by molar-refractivity contribution is 6.03. The van der Waals surface area contributed by atoms with E-state index < -0.39 is 0 Å². The molecule has 1 N–H and O–H groups in total. The van der Waals surface area contributed by atoms with Crippen molar-refractivity contribution < 1.29 is 14.3 Å². The highest BCUT2D eigenvalue weighted by Crippen LogP contribution is 2.37. The average Bonchev–Trinajstić information content (AvgIpc) is 3.19. The van der Waals surface area contributed by atoms with Gasteiger partial charge in [-0.3, -0.25) is 0 Å². The first-order valence-electron chi connectivity index (χ1n) is 11.1. The van der Waals surface area contributed by atoms with Crippen LogP contribution in [-0.4, -0.2) is 55.0 Å². The first kappa shape index (κ1) is 20.9. The molecule has 2 aliphatic rings. The number of fused-ring (bicyclic) bond motifs is 2. The van der Waals surface area contributed by atoms with E-state index in [1.807, 2.05) is 77.7 Å². The molecule has 1 saturated heterocycles. The highest BCUT2D eigenvalue weighted by Gasteiger charge is 2.26. The number of rotatable bonds is 2. The number of benzene rings is 3. The summed E-state index contributed by atoms with van der Waals surface area (Å²) in [5.41, 5.74) is 2.49. The van der Waals surface area contributed by atoms with Crippen molar-refractivity contribution in [1.82, 2.24) is 9.80 Å². The third kappa shape index (κ3) is 4.48. The Hall–Kier alpha value is -4.00.